The standard InChI is InChI=1S/C24H28N4O3/c1-24(2,29)17-31-23-26-21(14-22(27-23)28-9-11-30-12-10-28)16-25-15-18-7-8-19-5-3-4-6-20(19)13-18/h3-8,13-14,16,29H,9-12,15,17H2,1-2H3. The van der Waals surface area contributed by atoms with Gasteiger partial charge in [0.25, 0.3) is 0 Å². The van der Waals surface area contributed by atoms with Crippen LogP contribution < -0.4 is 9.64 Å². The number of aliphatic imine (C=N–C) groups is 1. The number of nitrogens with zero attached hydrogens (tertiary/aromatic N) is 4. The van der Waals surface area contributed by atoms with E-state index in [1.165, 1.54) is 10.8 Å². The van der Waals surface area contributed by atoms with Gasteiger partial charge in [-0.15, -0.1) is 0 Å². The van der Waals surface area contributed by atoms with Crippen LogP contribution in [0.2, 0.25) is 0 Å². The van der Waals surface area contributed by atoms with E-state index in [4.69, 9.17) is 9.47 Å². The van der Waals surface area contributed by atoms with Gasteiger partial charge in [0, 0.05) is 25.4 Å². The van der Waals surface area contributed by atoms with Crippen molar-refractivity contribution in [3.05, 3.63) is 59.8 Å². The minimum absolute atomic E-state index is 0.104. The van der Waals surface area contributed by atoms with Crippen LogP contribution in [-0.4, -0.2) is 59.8 Å². The summed E-state index contributed by atoms with van der Waals surface area (Å²) in [5, 5.41) is 12.4. The third-order valence-electron chi connectivity index (χ3n) is 4.91. The molecule has 0 amide bonds. The van der Waals surface area contributed by atoms with Crippen LogP contribution in [0.4, 0.5) is 5.82 Å². The van der Waals surface area contributed by atoms with Gasteiger partial charge in [0.1, 0.15) is 12.4 Å². The van der Waals surface area contributed by atoms with Crippen molar-refractivity contribution in [1.29, 1.82) is 0 Å². The summed E-state index contributed by atoms with van der Waals surface area (Å²) < 4.78 is 11.1. The van der Waals surface area contributed by atoms with E-state index in [9.17, 15) is 5.11 Å². The summed E-state index contributed by atoms with van der Waals surface area (Å²) in [6.07, 6.45) is 1.75. The van der Waals surface area contributed by atoms with Gasteiger partial charge in [-0.2, -0.15) is 9.97 Å². The largest absolute Gasteiger partial charge is 0.460 e. The monoisotopic (exact) mass is 420 g/mol. The zero-order valence-corrected chi connectivity index (χ0v) is 18.0. The molecular formula is C24H28N4O3. The number of benzene rings is 2. The summed E-state index contributed by atoms with van der Waals surface area (Å²) in [5.74, 6) is 0.774. The zero-order chi connectivity index (χ0) is 21.7. The van der Waals surface area contributed by atoms with Crippen molar-refractivity contribution in [3.8, 4) is 6.01 Å². The van der Waals surface area contributed by atoms with Crippen molar-refractivity contribution >= 4 is 22.8 Å². The fraction of sp³-hybridized carbons (Fsp3) is 0.375. The molecule has 1 N–H and O–H groups in total. The molecule has 1 aromatic heterocycles. The third kappa shape index (κ3) is 5.99. The molecule has 0 saturated carbocycles. The second kappa shape index (κ2) is 9.41. The maximum atomic E-state index is 9.98. The molecule has 1 aliphatic rings. The van der Waals surface area contributed by atoms with Crippen LogP contribution in [0.25, 0.3) is 10.8 Å². The molecule has 0 spiro atoms. The molecule has 1 fully saturated rings. The molecule has 0 unspecified atom stereocenters. The summed E-state index contributed by atoms with van der Waals surface area (Å²) in [5.41, 5.74) is 0.835. The van der Waals surface area contributed by atoms with Crippen molar-refractivity contribution in [3.63, 3.8) is 0 Å². The average molecular weight is 421 g/mol. The Labute approximate surface area is 182 Å². The first kappa shape index (κ1) is 21.2. The highest BCUT2D eigenvalue weighted by atomic mass is 16.5. The molecule has 7 nitrogen and oxygen atoms in total. The topological polar surface area (TPSA) is 80.1 Å². The molecule has 1 saturated heterocycles. The van der Waals surface area contributed by atoms with Crippen molar-refractivity contribution in [2.24, 2.45) is 4.99 Å². The predicted molar refractivity (Wildman–Crippen MR) is 122 cm³/mol. The number of aromatic nitrogens is 2. The van der Waals surface area contributed by atoms with E-state index in [0.29, 0.717) is 25.5 Å². The molecule has 0 aliphatic carbocycles. The van der Waals surface area contributed by atoms with Crippen LogP contribution in [-0.2, 0) is 11.3 Å². The van der Waals surface area contributed by atoms with E-state index in [-0.39, 0.29) is 12.6 Å². The number of rotatable bonds is 7. The van der Waals surface area contributed by atoms with Gasteiger partial charge in [-0.05, 0) is 36.2 Å². The molecule has 4 rings (SSSR count). The van der Waals surface area contributed by atoms with Gasteiger partial charge in [0.15, 0.2) is 0 Å². The highest BCUT2D eigenvalue weighted by molar-refractivity contribution is 5.83. The lowest BCUT2D eigenvalue weighted by molar-refractivity contribution is 0.0250. The predicted octanol–water partition coefficient (Wildman–Crippen LogP) is 3.24. The summed E-state index contributed by atoms with van der Waals surface area (Å²) >= 11 is 0. The molecule has 0 atom stereocenters. The lowest BCUT2D eigenvalue weighted by atomic mass is 10.1. The molecule has 3 aromatic rings. The Hall–Kier alpha value is -3.03. The number of aliphatic hydroxyl groups is 1. The zero-order valence-electron chi connectivity index (χ0n) is 18.0. The second-order valence-electron chi connectivity index (χ2n) is 8.29. The quantitative estimate of drug-likeness (QED) is 0.591. The van der Waals surface area contributed by atoms with Gasteiger partial charge in [-0.1, -0.05) is 36.4 Å². The first-order valence-corrected chi connectivity index (χ1v) is 10.5. The maximum Gasteiger partial charge on any atom is 0.319 e. The number of hydrogen-bond donors (Lipinski definition) is 1. The maximum absolute atomic E-state index is 9.98. The van der Waals surface area contributed by atoms with Crippen molar-refractivity contribution < 1.29 is 14.6 Å². The van der Waals surface area contributed by atoms with Crippen molar-refractivity contribution in [1.82, 2.24) is 9.97 Å². The van der Waals surface area contributed by atoms with Crippen LogP contribution >= 0.6 is 0 Å². The number of anilines is 1. The fourth-order valence-electron chi connectivity index (χ4n) is 3.34. The average Bonchev–Trinajstić information content (AvgIpc) is 2.78. The van der Waals surface area contributed by atoms with Crippen LogP contribution in [0.5, 0.6) is 6.01 Å². The highest BCUT2D eigenvalue weighted by Crippen LogP contribution is 2.19. The Morgan fingerprint density at radius 3 is 2.65 bits per heavy atom. The first-order chi connectivity index (χ1) is 15.0. The third-order valence-corrected chi connectivity index (χ3v) is 4.91. The van der Waals surface area contributed by atoms with Gasteiger partial charge >= 0.3 is 6.01 Å². The van der Waals surface area contributed by atoms with E-state index in [0.717, 1.165) is 24.5 Å². The lowest BCUT2D eigenvalue weighted by Crippen LogP contribution is -2.37. The number of morpholine rings is 1. The van der Waals surface area contributed by atoms with Gasteiger partial charge < -0.3 is 19.5 Å². The van der Waals surface area contributed by atoms with Gasteiger partial charge in [0.05, 0.1) is 31.1 Å². The molecule has 2 heterocycles. The van der Waals surface area contributed by atoms with E-state index in [1.807, 2.05) is 18.2 Å². The number of ether oxygens (including phenoxy) is 2. The molecule has 162 valence electrons. The summed E-state index contributed by atoms with van der Waals surface area (Å²) in [6, 6.07) is 16.8. The van der Waals surface area contributed by atoms with Crippen LogP contribution in [0.15, 0.2) is 53.5 Å². The van der Waals surface area contributed by atoms with Crippen molar-refractivity contribution in [2.45, 2.75) is 26.0 Å². The molecular weight excluding hydrogens is 392 g/mol. The molecule has 0 radical (unpaired) electrons. The fourth-order valence-corrected chi connectivity index (χ4v) is 3.34. The Balaban J connectivity index is 1.53. The first-order valence-electron chi connectivity index (χ1n) is 10.5. The molecule has 31 heavy (non-hydrogen) atoms. The number of hydrogen-bond acceptors (Lipinski definition) is 7. The highest BCUT2D eigenvalue weighted by Gasteiger charge is 2.18. The summed E-state index contributed by atoms with van der Waals surface area (Å²) in [4.78, 5) is 15.7. The molecule has 0 bridgehead atoms. The van der Waals surface area contributed by atoms with E-state index in [1.54, 1.807) is 20.1 Å². The van der Waals surface area contributed by atoms with Crippen LogP contribution in [0, 0.1) is 0 Å². The van der Waals surface area contributed by atoms with Gasteiger partial charge in [0.2, 0.25) is 0 Å². The summed E-state index contributed by atoms with van der Waals surface area (Å²) in [7, 11) is 0. The van der Waals surface area contributed by atoms with E-state index >= 15 is 0 Å². The number of fused-ring (bicyclic) bond motifs is 1. The Morgan fingerprint density at radius 2 is 1.87 bits per heavy atom. The Bertz CT molecular complexity index is 1060. The van der Waals surface area contributed by atoms with E-state index in [2.05, 4.69) is 50.2 Å². The molecule has 2 aromatic carbocycles. The van der Waals surface area contributed by atoms with Crippen LogP contribution in [0.3, 0.4) is 0 Å². The SMILES string of the molecule is CC(C)(O)COc1nc(C=NCc2ccc3ccccc3c2)cc(N2CCOCC2)n1. The van der Waals surface area contributed by atoms with E-state index < -0.39 is 5.60 Å². The molecule has 7 heteroatoms. The van der Waals surface area contributed by atoms with Gasteiger partial charge in [-0.25, -0.2) is 0 Å². The second-order valence-corrected chi connectivity index (χ2v) is 8.29. The normalized spacial score (nSPS) is 15.0. The minimum atomic E-state index is -0.970. The minimum Gasteiger partial charge on any atom is -0.460 e. The van der Waals surface area contributed by atoms with Crippen molar-refractivity contribution in [2.75, 3.05) is 37.8 Å². The Morgan fingerprint density at radius 1 is 1.10 bits per heavy atom. The lowest BCUT2D eigenvalue weighted by Gasteiger charge is -2.28. The van der Waals surface area contributed by atoms with Gasteiger partial charge in [-0.3, -0.25) is 4.99 Å². The van der Waals surface area contributed by atoms with Crippen LogP contribution in [0.1, 0.15) is 25.1 Å². The molecule has 1 aliphatic heterocycles. The smallest absolute Gasteiger partial charge is 0.319 e. The Kier molecular flexibility index (Phi) is 6.44. The summed E-state index contributed by atoms with van der Waals surface area (Å²) in [6.45, 7) is 6.88.